The van der Waals surface area contributed by atoms with Crippen LogP contribution >= 0.6 is 0 Å². The summed E-state index contributed by atoms with van der Waals surface area (Å²) < 4.78 is 69.1. The van der Waals surface area contributed by atoms with Crippen LogP contribution < -0.4 is 21.9 Å². The number of unbranched alkanes of at least 4 members (excludes halogenated alkanes) is 2. The van der Waals surface area contributed by atoms with Crippen molar-refractivity contribution in [2.45, 2.75) is 63.6 Å². The zero-order valence-corrected chi connectivity index (χ0v) is 40.8. The smallest absolute Gasteiger partial charge is 0.263 e. The SMILES string of the molecule is CCCCNc1nc(N)nc2ccn(CC3CCN(CCOCCOCCOCCOCCOCCOCCOCCOCCNC(=O)CCCC#Cc4cnc(S(C)(=O)=O)nc4)CC3)c(=O)c12. The van der Waals surface area contributed by atoms with E-state index in [1.54, 1.807) is 4.57 Å². The van der Waals surface area contributed by atoms with Crippen molar-refractivity contribution in [1.29, 1.82) is 0 Å². The minimum Gasteiger partial charge on any atom is -0.378 e. The van der Waals surface area contributed by atoms with Gasteiger partial charge in [0, 0.05) is 63.9 Å². The lowest BCUT2D eigenvalue weighted by molar-refractivity contribution is -0.121. The molecule has 1 aliphatic heterocycles. The summed E-state index contributed by atoms with van der Waals surface area (Å²) in [5.74, 6) is 6.81. The molecule has 0 bridgehead atoms. The normalized spacial score (nSPS) is 13.4. The molecule has 0 aromatic carbocycles. The first-order valence-corrected chi connectivity index (χ1v) is 25.6. The minimum atomic E-state index is -3.45. The summed E-state index contributed by atoms with van der Waals surface area (Å²) in [6.45, 7) is 14.4. The summed E-state index contributed by atoms with van der Waals surface area (Å²) in [5, 5.41) is 6.34. The van der Waals surface area contributed by atoms with Gasteiger partial charge in [0.05, 0.1) is 117 Å². The third-order valence-electron chi connectivity index (χ3n) is 10.4. The molecule has 22 heteroatoms. The van der Waals surface area contributed by atoms with E-state index in [-0.39, 0.29) is 22.6 Å². The molecular formula is C46H73N9O12S. The molecule has 68 heavy (non-hydrogen) atoms. The monoisotopic (exact) mass is 976 g/mol. The maximum atomic E-state index is 13.4. The molecule has 4 rings (SSSR count). The van der Waals surface area contributed by atoms with E-state index in [1.807, 2.05) is 12.3 Å². The van der Waals surface area contributed by atoms with Crippen molar-refractivity contribution in [1.82, 2.24) is 34.7 Å². The van der Waals surface area contributed by atoms with Crippen LogP contribution in [-0.2, 0) is 59.1 Å². The fourth-order valence-electron chi connectivity index (χ4n) is 6.79. The number of hydrogen-bond acceptors (Lipinski definition) is 19. The molecule has 0 saturated carbocycles. The Morgan fingerprint density at radius 1 is 0.779 bits per heavy atom. The van der Waals surface area contributed by atoms with Gasteiger partial charge in [0.1, 0.15) is 11.2 Å². The number of nitrogens with zero attached hydrogens (tertiary/aromatic N) is 6. The van der Waals surface area contributed by atoms with E-state index < -0.39 is 9.84 Å². The van der Waals surface area contributed by atoms with E-state index in [2.05, 4.69) is 54.2 Å². The Kier molecular flexibility index (Phi) is 28.1. The van der Waals surface area contributed by atoms with Crippen LogP contribution in [0.15, 0.2) is 34.6 Å². The number of fused-ring (bicyclic) bond motifs is 1. The van der Waals surface area contributed by atoms with Crippen LogP contribution in [-0.4, -0.2) is 188 Å². The highest BCUT2D eigenvalue weighted by Gasteiger charge is 2.21. The highest BCUT2D eigenvalue weighted by atomic mass is 32.2. The number of aromatic nitrogens is 5. The van der Waals surface area contributed by atoms with Crippen molar-refractivity contribution in [3.63, 3.8) is 0 Å². The van der Waals surface area contributed by atoms with Crippen LogP contribution in [0.1, 0.15) is 57.4 Å². The predicted octanol–water partition coefficient (Wildman–Crippen LogP) is 1.96. The van der Waals surface area contributed by atoms with Gasteiger partial charge in [-0.3, -0.25) is 9.59 Å². The molecule has 1 aliphatic rings. The van der Waals surface area contributed by atoms with Crippen LogP contribution in [0.3, 0.4) is 0 Å². The zero-order valence-electron chi connectivity index (χ0n) is 40.0. The van der Waals surface area contributed by atoms with Gasteiger partial charge in [0.15, 0.2) is 0 Å². The summed E-state index contributed by atoms with van der Waals surface area (Å²) in [5.41, 5.74) is 6.91. The number of rotatable bonds is 37. The summed E-state index contributed by atoms with van der Waals surface area (Å²) in [6.07, 6.45) is 11.1. The number of ether oxygens (including phenoxy) is 8. The van der Waals surface area contributed by atoms with Gasteiger partial charge in [-0.1, -0.05) is 25.2 Å². The van der Waals surface area contributed by atoms with Crippen molar-refractivity contribution in [3.05, 3.63) is 40.6 Å². The number of carbonyl (C=O) groups is 1. The Hall–Kier alpha value is -4.41. The Morgan fingerprint density at radius 3 is 1.87 bits per heavy atom. The van der Waals surface area contributed by atoms with Gasteiger partial charge in [-0.25, -0.2) is 23.4 Å². The lowest BCUT2D eigenvalue weighted by atomic mass is 9.96. The standard InChI is InChI=1S/C46H73N9O12S/c1-3-4-13-49-43-42-40(52-45(47)53-43)12-17-55(44(42)57)37-38-10-15-54(16-11-38)18-20-61-22-24-63-26-28-65-30-32-67-34-33-66-31-29-64-27-25-62-23-21-60-19-14-48-41(56)9-7-5-6-8-39-35-50-46(51-36-39)68(2,58)59/h12,17,35-36,38H,3-5,7,9-11,13-16,18-34,37H2,1-2H3,(H,48,56)(H3,47,49,52,53). The molecule has 21 nitrogen and oxygen atoms in total. The second-order valence-electron chi connectivity index (χ2n) is 16.0. The molecule has 380 valence electrons. The molecule has 4 heterocycles. The fourth-order valence-corrected chi connectivity index (χ4v) is 7.27. The van der Waals surface area contributed by atoms with Crippen LogP contribution in [0.4, 0.5) is 11.8 Å². The molecule has 3 aromatic rings. The van der Waals surface area contributed by atoms with E-state index in [4.69, 9.17) is 43.6 Å². The Labute approximate surface area is 400 Å². The number of piperidine rings is 1. The summed E-state index contributed by atoms with van der Waals surface area (Å²) in [6, 6.07) is 1.86. The third kappa shape index (κ3) is 23.7. The molecule has 0 aliphatic carbocycles. The van der Waals surface area contributed by atoms with Crippen molar-refractivity contribution >= 4 is 38.4 Å². The Balaban J connectivity index is 0.827. The Morgan fingerprint density at radius 2 is 1.32 bits per heavy atom. The first-order valence-electron chi connectivity index (χ1n) is 23.7. The topological polar surface area (TPSA) is 252 Å². The first-order chi connectivity index (χ1) is 33.1. The van der Waals surface area contributed by atoms with Gasteiger partial charge in [0.2, 0.25) is 26.8 Å². The quantitative estimate of drug-likeness (QED) is 0.0424. The van der Waals surface area contributed by atoms with E-state index in [0.29, 0.717) is 166 Å². The van der Waals surface area contributed by atoms with Crippen molar-refractivity contribution < 1.29 is 51.1 Å². The van der Waals surface area contributed by atoms with Crippen molar-refractivity contribution in [3.8, 4) is 11.8 Å². The van der Waals surface area contributed by atoms with Crippen LogP contribution in [0.25, 0.3) is 10.9 Å². The molecule has 0 atom stereocenters. The number of hydrogen-bond donors (Lipinski definition) is 3. The summed E-state index contributed by atoms with van der Waals surface area (Å²) in [4.78, 5) is 44.0. The average molecular weight is 976 g/mol. The molecule has 0 unspecified atom stereocenters. The molecule has 0 spiro atoms. The number of carbonyl (C=O) groups excluding carboxylic acids is 1. The fraction of sp³-hybridized carbons (Fsp3) is 0.696. The van der Waals surface area contributed by atoms with Crippen molar-refractivity contribution in [2.75, 3.05) is 156 Å². The molecular weight excluding hydrogens is 903 g/mol. The number of nitrogen functional groups attached to an aromatic ring is 1. The maximum absolute atomic E-state index is 13.4. The molecule has 4 N–H and O–H groups in total. The van der Waals surface area contributed by atoms with Crippen LogP contribution in [0.2, 0.25) is 0 Å². The van der Waals surface area contributed by atoms with Gasteiger partial charge in [-0.2, -0.15) is 4.98 Å². The summed E-state index contributed by atoms with van der Waals surface area (Å²) >= 11 is 0. The van der Waals surface area contributed by atoms with Gasteiger partial charge in [-0.05, 0) is 50.8 Å². The minimum absolute atomic E-state index is 0.0789. The predicted molar refractivity (Wildman–Crippen MR) is 256 cm³/mol. The maximum Gasteiger partial charge on any atom is 0.263 e. The third-order valence-corrected chi connectivity index (χ3v) is 11.3. The number of sulfone groups is 1. The number of likely N-dealkylation sites (tertiary alicyclic amines) is 1. The Bertz CT molecular complexity index is 2100. The summed E-state index contributed by atoms with van der Waals surface area (Å²) in [7, 11) is -3.45. The van der Waals surface area contributed by atoms with Gasteiger partial charge >= 0.3 is 0 Å². The lowest BCUT2D eigenvalue weighted by Crippen LogP contribution is -2.38. The molecule has 1 fully saturated rings. The molecule has 3 aromatic heterocycles. The average Bonchev–Trinajstić information content (AvgIpc) is 3.32. The lowest BCUT2D eigenvalue weighted by Gasteiger charge is -2.32. The number of anilines is 2. The molecule has 1 amide bonds. The first kappa shape index (κ1) is 56.2. The zero-order chi connectivity index (χ0) is 48.5. The van der Waals surface area contributed by atoms with E-state index in [9.17, 15) is 18.0 Å². The van der Waals surface area contributed by atoms with Crippen LogP contribution in [0, 0.1) is 17.8 Å². The second kappa shape index (κ2) is 34.0. The number of amides is 1. The van der Waals surface area contributed by atoms with Gasteiger partial charge < -0.3 is 63.7 Å². The number of nitrogens with two attached hydrogens (primary N) is 1. The van der Waals surface area contributed by atoms with Gasteiger partial charge in [0.25, 0.3) is 5.56 Å². The molecule has 1 saturated heterocycles. The largest absolute Gasteiger partial charge is 0.378 e. The highest BCUT2D eigenvalue weighted by molar-refractivity contribution is 7.90. The van der Waals surface area contributed by atoms with Crippen LogP contribution in [0.5, 0.6) is 0 Å². The number of pyridine rings is 1. The van der Waals surface area contributed by atoms with Gasteiger partial charge in [-0.15, -0.1) is 0 Å². The van der Waals surface area contributed by atoms with Crippen molar-refractivity contribution in [2.24, 2.45) is 5.92 Å². The number of nitrogens with one attached hydrogen (secondary N) is 2. The highest BCUT2D eigenvalue weighted by Crippen LogP contribution is 2.21. The van der Waals surface area contributed by atoms with E-state index in [1.165, 1.54) is 12.4 Å². The molecule has 0 radical (unpaired) electrons. The van der Waals surface area contributed by atoms with E-state index >= 15 is 0 Å². The van der Waals surface area contributed by atoms with E-state index in [0.717, 1.165) is 58.1 Å². The second-order valence-corrected chi connectivity index (χ2v) is 17.9.